The molecule has 0 amide bonds. The molecule has 1 saturated carbocycles. The summed E-state index contributed by atoms with van der Waals surface area (Å²) in [6.45, 7) is 5.55. The lowest BCUT2D eigenvalue weighted by Gasteiger charge is -2.27. The third-order valence-corrected chi connectivity index (χ3v) is 3.58. The maximum absolute atomic E-state index is 9.16. The highest BCUT2D eigenvalue weighted by Crippen LogP contribution is 2.48. The molecule has 0 radical (unpaired) electrons. The Morgan fingerprint density at radius 1 is 1.21 bits per heavy atom. The number of rotatable bonds is 5. The van der Waals surface area contributed by atoms with E-state index in [4.69, 9.17) is 9.84 Å². The van der Waals surface area contributed by atoms with Crippen molar-refractivity contribution in [1.29, 1.82) is 0 Å². The molecule has 3 nitrogen and oxygen atoms in total. The van der Waals surface area contributed by atoms with Gasteiger partial charge in [-0.15, -0.1) is 0 Å². The van der Waals surface area contributed by atoms with E-state index in [9.17, 15) is 0 Å². The van der Waals surface area contributed by atoms with Crippen LogP contribution in [0.3, 0.4) is 0 Å². The normalized spacial score (nSPS) is 26.4. The second-order valence-electron chi connectivity index (χ2n) is 4.72. The highest BCUT2D eigenvalue weighted by Gasteiger charge is 2.40. The lowest BCUT2D eigenvalue weighted by Crippen LogP contribution is -2.37. The van der Waals surface area contributed by atoms with Gasteiger partial charge in [-0.1, -0.05) is 0 Å². The molecule has 0 aromatic heterocycles. The standard InChI is InChI=1S/C11H21NO2/c13-10-11(3-4-11)2-1-5-12-6-8-14-9-7-12/h13H,1-10H2. The Balaban J connectivity index is 1.58. The Hall–Kier alpha value is -0.120. The third-order valence-electron chi connectivity index (χ3n) is 3.58. The molecule has 1 aliphatic heterocycles. The summed E-state index contributed by atoms with van der Waals surface area (Å²) in [5.74, 6) is 0. The molecule has 1 saturated heterocycles. The van der Waals surface area contributed by atoms with Crippen molar-refractivity contribution in [2.75, 3.05) is 39.5 Å². The molecule has 14 heavy (non-hydrogen) atoms. The van der Waals surface area contributed by atoms with Crippen molar-refractivity contribution in [3.8, 4) is 0 Å². The molecule has 0 bridgehead atoms. The molecule has 0 aromatic carbocycles. The predicted molar refractivity (Wildman–Crippen MR) is 55.2 cm³/mol. The van der Waals surface area contributed by atoms with Crippen molar-refractivity contribution in [2.45, 2.75) is 25.7 Å². The van der Waals surface area contributed by atoms with Crippen LogP contribution in [0.25, 0.3) is 0 Å². The van der Waals surface area contributed by atoms with Crippen LogP contribution in [0.1, 0.15) is 25.7 Å². The number of morpholine rings is 1. The summed E-state index contributed by atoms with van der Waals surface area (Å²) in [5, 5.41) is 9.16. The first kappa shape index (κ1) is 10.4. The summed E-state index contributed by atoms with van der Waals surface area (Å²) in [5.41, 5.74) is 0.340. The number of aliphatic hydroxyl groups excluding tert-OH is 1. The quantitative estimate of drug-likeness (QED) is 0.713. The average molecular weight is 199 g/mol. The van der Waals surface area contributed by atoms with Gasteiger partial charge in [0.2, 0.25) is 0 Å². The molecule has 0 spiro atoms. The van der Waals surface area contributed by atoms with Gasteiger partial charge in [-0.3, -0.25) is 4.90 Å². The van der Waals surface area contributed by atoms with E-state index in [2.05, 4.69) is 4.90 Å². The zero-order valence-corrected chi connectivity index (χ0v) is 8.87. The van der Waals surface area contributed by atoms with Crippen LogP contribution < -0.4 is 0 Å². The molecule has 1 aliphatic carbocycles. The highest BCUT2D eigenvalue weighted by atomic mass is 16.5. The second kappa shape index (κ2) is 4.60. The SMILES string of the molecule is OCC1(CCCN2CCOCC2)CC1. The Morgan fingerprint density at radius 2 is 1.93 bits per heavy atom. The number of hydrogen-bond donors (Lipinski definition) is 1. The fourth-order valence-corrected chi connectivity index (χ4v) is 2.17. The topological polar surface area (TPSA) is 32.7 Å². The van der Waals surface area contributed by atoms with E-state index in [1.165, 1.54) is 32.2 Å². The number of nitrogens with zero attached hydrogens (tertiary/aromatic N) is 1. The van der Waals surface area contributed by atoms with Gasteiger partial charge in [0.25, 0.3) is 0 Å². The fourth-order valence-electron chi connectivity index (χ4n) is 2.17. The Kier molecular flexibility index (Phi) is 3.42. The maximum Gasteiger partial charge on any atom is 0.0594 e. The Labute approximate surface area is 86.0 Å². The first-order valence-corrected chi connectivity index (χ1v) is 5.76. The molecule has 1 N–H and O–H groups in total. The minimum Gasteiger partial charge on any atom is -0.396 e. The summed E-state index contributed by atoms with van der Waals surface area (Å²) in [6.07, 6.45) is 4.93. The summed E-state index contributed by atoms with van der Waals surface area (Å²) >= 11 is 0. The van der Waals surface area contributed by atoms with Crippen molar-refractivity contribution in [3.63, 3.8) is 0 Å². The van der Waals surface area contributed by atoms with Crippen molar-refractivity contribution >= 4 is 0 Å². The smallest absolute Gasteiger partial charge is 0.0594 e. The Morgan fingerprint density at radius 3 is 2.50 bits per heavy atom. The van der Waals surface area contributed by atoms with Crippen molar-refractivity contribution in [2.24, 2.45) is 5.41 Å². The van der Waals surface area contributed by atoms with Gasteiger partial charge >= 0.3 is 0 Å². The van der Waals surface area contributed by atoms with Gasteiger partial charge < -0.3 is 9.84 Å². The van der Waals surface area contributed by atoms with Gasteiger partial charge in [-0.05, 0) is 37.6 Å². The molecule has 1 heterocycles. The molecule has 0 atom stereocenters. The molecule has 2 aliphatic rings. The maximum atomic E-state index is 9.16. The zero-order valence-electron chi connectivity index (χ0n) is 8.87. The lowest BCUT2D eigenvalue weighted by atomic mass is 10.0. The summed E-state index contributed by atoms with van der Waals surface area (Å²) in [7, 11) is 0. The number of ether oxygens (including phenoxy) is 1. The van der Waals surface area contributed by atoms with E-state index in [0.717, 1.165) is 26.3 Å². The first-order valence-electron chi connectivity index (χ1n) is 5.76. The predicted octanol–water partition coefficient (Wildman–Crippen LogP) is 0.871. The van der Waals surface area contributed by atoms with Crippen LogP contribution in [-0.2, 0) is 4.74 Å². The average Bonchev–Trinajstić information content (AvgIpc) is 3.00. The van der Waals surface area contributed by atoms with Crippen LogP contribution in [0.2, 0.25) is 0 Å². The fraction of sp³-hybridized carbons (Fsp3) is 1.00. The van der Waals surface area contributed by atoms with Crippen LogP contribution in [0.15, 0.2) is 0 Å². The number of hydrogen-bond acceptors (Lipinski definition) is 3. The van der Waals surface area contributed by atoms with Crippen molar-refractivity contribution in [3.05, 3.63) is 0 Å². The molecule has 0 unspecified atom stereocenters. The molecular formula is C11H21NO2. The lowest BCUT2D eigenvalue weighted by molar-refractivity contribution is 0.0360. The van der Waals surface area contributed by atoms with Crippen LogP contribution in [0.4, 0.5) is 0 Å². The van der Waals surface area contributed by atoms with Gasteiger partial charge in [0.1, 0.15) is 0 Å². The van der Waals surface area contributed by atoms with Crippen LogP contribution in [0, 0.1) is 5.41 Å². The first-order chi connectivity index (χ1) is 6.85. The van der Waals surface area contributed by atoms with Crippen LogP contribution in [0.5, 0.6) is 0 Å². The second-order valence-corrected chi connectivity index (χ2v) is 4.72. The molecule has 2 fully saturated rings. The molecule has 3 heteroatoms. The van der Waals surface area contributed by atoms with Gasteiger partial charge in [0.15, 0.2) is 0 Å². The summed E-state index contributed by atoms with van der Waals surface area (Å²) in [4.78, 5) is 2.47. The van der Waals surface area contributed by atoms with E-state index in [1.807, 2.05) is 0 Å². The van der Waals surface area contributed by atoms with Gasteiger partial charge in [-0.25, -0.2) is 0 Å². The largest absolute Gasteiger partial charge is 0.396 e. The molecule has 0 aromatic rings. The van der Waals surface area contributed by atoms with Crippen LogP contribution >= 0.6 is 0 Å². The van der Waals surface area contributed by atoms with Crippen molar-refractivity contribution in [1.82, 2.24) is 4.90 Å². The van der Waals surface area contributed by atoms with Gasteiger partial charge in [-0.2, -0.15) is 0 Å². The minimum atomic E-state index is 0.340. The van der Waals surface area contributed by atoms with E-state index in [1.54, 1.807) is 0 Å². The third kappa shape index (κ3) is 2.69. The monoisotopic (exact) mass is 199 g/mol. The van der Waals surface area contributed by atoms with E-state index < -0.39 is 0 Å². The highest BCUT2D eigenvalue weighted by molar-refractivity contribution is 4.92. The van der Waals surface area contributed by atoms with Crippen molar-refractivity contribution < 1.29 is 9.84 Å². The molecule has 2 rings (SSSR count). The van der Waals surface area contributed by atoms with E-state index >= 15 is 0 Å². The summed E-state index contributed by atoms with van der Waals surface area (Å²) < 4.78 is 5.30. The van der Waals surface area contributed by atoms with E-state index in [0.29, 0.717) is 12.0 Å². The number of aliphatic hydroxyl groups is 1. The minimum absolute atomic E-state index is 0.340. The zero-order chi connectivity index (χ0) is 9.86. The van der Waals surface area contributed by atoms with Gasteiger partial charge in [0.05, 0.1) is 13.2 Å². The molecular weight excluding hydrogens is 178 g/mol. The van der Waals surface area contributed by atoms with Gasteiger partial charge in [0, 0.05) is 19.7 Å². The van der Waals surface area contributed by atoms with Crippen LogP contribution in [-0.4, -0.2) is 49.5 Å². The summed E-state index contributed by atoms with van der Waals surface area (Å²) in [6, 6.07) is 0. The molecule has 82 valence electrons. The Bertz CT molecular complexity index is 174. The van der Waals surface area contributed by atoms with E-state index in [-0.39, 0.29) is 0 Å².